The summed E-state index contributed by atoms with van der Waals surface area (Å²) in [6.45, 7) is 1.97. The molecule has 0 saturated heterocycles. The topological polar surface area (TPSA) is 17.1 Å². The SMILES string of the molecule is C[C@]1(Cl)[C@@H]2CCC(=O)[C@@H]21. The van der Waals surface area contributed by atoms with Crippen LogP contribution in [0.2, 0.25) is 0 Å². The summed E-state index contributed by atoms with van der Waals surface area (Å²) in [5.74, 6) is 1.13. The van der Waals surface area contributed by atoms with Crippen LogP contribution in [0.5, 0.6) is 0 Å². The van der Waals surface area contributed by atoms with Crippen LogP contribution in [-0.2, 0) is 4.79 Å². The van der Waals surface area contributed by atoms with E-state index in [4.69, 9.17) is 11.6 Å². The molecule has 0 unspecified atom stereocenters. The van der Waals surface area contributed by atoms with Crippen LogP contribution in [0.4, 0.5) is 0 Å². The van der Waals surface area contributed by atoms with Crippen molar-refractivity contribution in [2.45, 2.75) is 24.6 Å². The molecule has 2 rings (SSSR count). The number of alkyl halides is 1. The van der Waals surface area contributed by atoms with Crippen LogP contribution in [-0.4, -0.2) is 10.7 Å². The van der Waals surface area contributed by atoms with Crippen molar-refractivity contribution in [3.05, 3.63) is 0 Å². The Bertz CT molecular complexity index is 174. The molecule has 2 heteroatoms. The Morgan fingerprint density at radius 3 is 2.67 bits per heavy atom. The average molecular weight is 145 g/mol. The molecule has 9 heavy (non-hydrogen) atoms. The molecule has 0 bridgehead atoms. The molecule has 2 saturated carbocycles. The second-order valence-corrected chi connectivity index (χ2v) is 4.05. The summed E-state index contributed by atoms with van der Waals surface area (Å²) < 4.78 is 0. The first-order valence-corrected chi connectivity index (χ1v) is 3.73. The Labute approximate surface area is 59.4 Å². The lowest BCUT2D eigenvalue weighted by atomic mass is 10.1. The molecular formula is C7H9ClO. The van der Waals surface area contributed by atoms with Gasteiger partial charge in [0.05, 0.1) is 4.87 Å². The average Bonchev–Trinajstić information content (AvgIpc) is 2.19. The summed E-state index contributed by atoms with van der Waals surface area (Å²) in [4.78, 5) is 10.8. The van der Waals surface area contributed by atoms with Crippen LogP contribution in [0.3, 0.4) is 0 Å². The fourth-order valence-corrected chi connectivity index (χ4v) is 2.45. The summed E-state index contributed by atoms with van der Waals surface area (Å²) in [6, 6.07) is 0. The third kappa shape index (κ3) is 0.536. The first kappa shape index (κ1) is 5.72. The zero-order chi connectivity index (χ0) is 6.65. The van der Waals surface area contributed by atoms with Crippen LogP contribution in [0.25, 0.3) is 0 Å². The predicted octanol–water partition coefficient (Wildman–Crippen LogP) is 1.59. The Balaban J connectivity index is 2.23. The number of rotatable bonds is 0. The summed E-state index contributed by atoms with van der Waals surface area (Å²) >= 11 is 5.98. The third-order valence-corrected chi connectivity index (χ3v) is 3.19. The third-order valence-electron chi connectivity index (χ3n) is 2.67. The van der Waals surface area contributed by atoms with Gasteiger partial charge in [0.2, 0.25) is 0 Å². The van der Waals surface area contributed by atoms with E-state index in [1.807, 2.05) is 6.92 Å². The molecule has 0 aliphatic heterocycles. The highest BCUT2D eigenvalue weighted by Crippen LogP contribution is 2.62. The van der Waals surface area contributed by atoms with Crippen LogP contribution >= 0.6 is 11.6 Å². The zero-order valence-electron chi connectivity index (χ0n) is 5.36. The fraction of sp³-hybridized carbons (Fsp3) is 0.857. The number of ketones is 1. The number of carbonyl (C=O) groups excluding carboxylic acids is 1. The molecule has 2 aliphatic rings. The number of halogens is 1. The minimum Gasteiger partial charge on any atom is -0.299 e. The molecule has 0 aromatic carbocycles. The van der Waals surface area contributed by atoms with Gasteiger partial charge in [0.1, 0.15) is 5.78 Å². The van der Waals surface area contributed by atoms with Crippen molar-refractivity contribution in [1.82, 2.24) is 0 Å². The number of Topliss-reactive ketones (excluding diaryl/α,β-unsaturated/α-hetero) is 1. The molecule has 3 atom stereocenters. The van der Waals surface area contributed by atoms with Crippen LogP contribution in [0, 0.1) is 11.8 Å². The summed E-state index contributed by atoms with van der Waals surface area (Å²) in [5, 5.41) is 0. The summed E-state index contributed by atoms with van der Waals surface area (Å²) in [7, 11) is 0. The van der Waals surface area contributed by atoms with Gasteiger partial charge in [-0.25, -0.2) is 0 Å². The van der Waals surface area contributed by atoms with E-state index < -0.39 is 0 Å². The van der Waals surface area contributed by atoms with Crippen LogP contribution in [0.15, 0.2) is 0 Å². The first-order valence-electron chi connectivity index (χ1n) is 3.35. The van der Waals surface area contributed by atoms with Gasteiger partial charge in [0.15, 0.2) is 0 Å². The Kier molecular flexibility index (Phi) is 0.852. The molecular weight excluding hydrogens is 136 g/mol. The minimum absolute atomic E-state index is 0.144. The fourth-order valence-electron chi connectivity index (χ4n) is 2.01. The maximum atomic E-state index is 10.9. The van der Waals surface area contributed by atoms with Gasteiger partial charge in [-0.3, -0.25) is 4.79 Å². The number of fused-ring (bicyclic) bond motifs is 1. The van der Waals surface area contributed by atoms with Gasteiger partial charge in [0.25, 0.3) is 0 Å². The number of hydrogen-bond acceptors (Lipinski definition) is 1. The van der Waals surface area contributed by atoms with Gasteiger partial charge in [-0.05, 0) is 19.3 Å². The monoisotopic (exact) mass is 144 g/mol. The van der Waals surface area contributed by atoms with Gasteiger partial charge >= 0.3 is 0 Å². The van der Waals surface area contributed by atoms with E-state index in [-0.39, 0.29) is 10.8 Å². The van der Waals surface area contributed by atoms with Gasteiger partial charge in [0, 0.05) is 12.3 Å². The van der Waals surface area contributed by atoms with Crippen LogP contribution < -0.4 is 0 Å². The van der Waals surface area contributed by atoms with Crippen molar-refractivity contribution in [2.24, 2.45) is 11.8 Å². The highest BCUT2D eigenvalue weighted by atomic mass is 35.5. The lowest BCUT2D eigenvalue weighted by Crippen LogP contribution is -2.07. The second kappa shape index (κ2) is 1.34. The van der Waals surface area contributed by atoms with Crippen molar-refractivity contribution in [3.63, 3.8) is 0 Å². The van der Waals surface area contributed by atoms with Crippen molar-refractivity contribution >= 4 is 17.4 Å². The molecule has 0 radical (unpaired) electrons. The Hall–Kier alpha value is -0.0400. The largest absolute Gasteiger partial charge is 0.299 e. The van der Waals surface area contributed by atoms with E-state index in [0.29, 0.717) is 11.7 Å². The highest BCUT2D eigenvalue weighted by molar-refractivity contribution is 6.29. The maximum absolute atomic E-state index is 10.9. The summed E-state index contributed by atoms with van der Waals surface area (Å²) in [6.07, 6.45) is 1.81. The van der Waals surface area contributed by atoms with E-state index in [0.717, 1.165) is 12.8 Å². The highest BCUT2D eigenvalue weighted by Gasteiger charge is 2.66. The van der Waals surface area contributed by atoms with E-state index in [1.54, 1.807) is 0 Å². The van der Waals surface area contributed by atoms with Gasteiger partial charge in [-0.15, -0.1) is 11.6 Å². The number of hydrogen-bond donors (Lipinski definition) is 0. The number of carbonyl (C=O) groups is 1. The van der Waals surface area contributed by atoms with Crippen molar-refractivity contribution in [3.8, 4) is 0 Å². The lowest BCUT2D eigenvalue weighted by Gasteiger charge is -2.01. The van der Waals surface area contributed by atoms with Gasteiger partial charge in [-0.2, -0.15) is 0 Å². The summed E-state index contributed by atoms with van der Waals surface area (Å²) in [5.41, 5.74) is 0. The minimum atomic E-state index is -0.144. The van der Waals surface area contributed by atoms with Crippen molar-refractivity contribution in [2.75, 3.05) is 0 Å². The normalized spacial score (nSPS) is 55.6. The van der Waals surface area contributed by atoms with E-state index in [1.165, 1.54) is 0 Å². The Morgan fingerprint density at radius 1 is 1.78 bits per heavy atom. The molecule has 2 fully saturated rings. The van der Waals surface area contributed by atoms with E-state index in [2.05, 4.69) is 0 Å². The zero-order valence-corrected chi connectivity index (χ0v) is 6.11. The quantitative estimate of drug-likeness (QED) is 0.472. The van der Waals surface area contributed by atoms with Crippen molar-refractivity contribution < 1.29 is 4.79 Å². The van der Waals surface area contributed by atoms with E-state index in [9.17, 15) is 4.79 Å². The van der Waals surface area contributed by atoms with Gasteiger partial charge < -0.3 is 0 Å². The molecule has 1 nitrogen and oxygen atoms in total. The maximum Gasteiger partial charge on any atom is 0.138 e. The molecule has 50 valence electrons. The molecule has 0 aromatic heterocycles. The molecule has 0 aromatic rings. The molecule has 0 N–H and O–H groups in total. The van der Waals surface area contributed by atoms with Crippen molar-refractivity contribution in [1.29, 1.82) is 0 Å². The molecule has 0 heterocycles. The predicted molar refractivity (Wildman–Crippen MR) is 35.5 cm³/mol. The van der Waals surface area contributed by atoms with E-state index >= 15 is 0 Å². The van der Waals surface area contributed by atoms with Gasteiger partial charge in [-0.1, -0.05) is 0 Å². The Morgan fingerprint density at radius 2 is 2.44 bits per heavy atom. The molecule has 0 spiro atoms. The standard InChI is InChI=1S/C7H9ClO/c1-7(8)4-2-3-5(9)6(4)7/h4,6H,2-3H2,1H3/t4-,6-,7+/m1/s1. The lowest BCUT2D eigenvalue weighted by molar-refractivity contribution is -0.119. The molecule has 2 aliphatic carbocycles. The van der Waals surface area contributed by atoms with Crippen LogP contribution in [0.1, 0.15) is 19.8 Å². The second-order valence-electron chi connectivity index (χ2n) is 3.24. The first-order chi connectivity index (χ1) is 4.14. The smallest absolute Gasteiger partial charge is 0.138 e. The molecule has 0 amide bonds.